The Hall–Kier alpha value is -3.32. The van der Waals surface area contributed by atoms with Crippen LogP contribution in [0.3, 0.4) is 0 Å². The van der Waals surface area contributed by atoms with Gasteiger partial charge in [0.1, 0.15) is 11.5 Å². The summed E-state index contributed by atoms with van der Waals surface area (Å²) in [6, 6.07) is 9.69. The molecule has 0 radical (unpaired) electrons. The molecule has 8 heteroatoms. The Balaban J connectivity index is 1.91. The van der Waals surface area contributed by atoms with Crippen LogP contribution >= 0.6 is 11.6 Å². The molecular weight excluding hydrogens is 429 g/mol. The minimum absolute atomic E-state index is 0.0403. The Morgan fingerprint density at radius 3 is 2.52 bits per heavy atom. The number of hydrogen-bond donors (Lipinski definition) is 1. The molecule has 1 N–H and O–H groups in total. The van der Waals surface area contributed by atoms with Gasteiger partial charge < -0.3 is 9.67 Å². The van der Waals surface area contributed by atoms with Gasteiger partial charge in [-0.1, -0.05) is 23.7 Å². The van der Waals surface area contributed by atoms with Gasteiger partial charge in [0.05, 0.1) is 11.4 Å². The van der Waals surface area contributed by atoms with Gasteiger partial charge in [0.2, 0.25) is 0 Å². The zero-order valence-electron chi connectivity index (χ0n) is 16.3. The third-order valence-corrected chi connectivity index (χ3v) is 5.40. The van der Waals surface area contributed by atoms with E-state index in [2.05, 4.69) is 4.98 Å². The smallest absolute Gasteiger partial charge is 0.307 e. The molecule has 0 aliphatic heterocycles. The van der Waals surface area contributed by atoms with Gasteiger partial charge in [0.15, 0.2) is 11.6 Å². The quantitative estimate of drug-likeness (QED) is 0.426. The molecule has 0 bridgehead atoms. The van der Waals surface area contributed by atoms with Gasteiger partial charge in [0, 0.05) is 23.8 Å². The van der Waals surface area contributed by atoms with Crippen LogP contribution in [0.1, 0.15) is 16.8 Å². The van der Waals surface area contributed by atoms with Crippen molar-refractivity contribution in [2.45, 2.75) is 19.9 Å². The second-order valence-corrected chi connectivity index (χ2v) is 7.59. The van der Waals surface area contributed by atoms with Gasteiger partial charge in [-0.2, -0.15) is 0 Å². The fraction of sp³-hybridized carbons (Fsp3) is 0.130. The van der Waals surface area contributed by atoms with Crippen molar-refractivity contribution in [1.29, 1.82) is 0 Å². The molecule has 4 aromatic rings. The molecule has 2 aromatic heterocycles. The van der Waals surface area contributed by atoms with Crippen LogP contribution in [0.4, 0.5) is 13.2 Å². The van der Waals surface area contributed by atoms with Crippen LogP contribution in [0.5, 0.6) is 0 Å². The van der Waals surface area contributed by atoms with Crippen molar-refractivity contribution < 1.29 is 23.1 Å². The van der Waals surface area contributed by atoms with Crippen LogP contribution in [-0.2, 0) is 17.8 Å². The molecule has 2 heterocycles. The molecule has 0 atom stereocenters. The molecule has 0 aliphatic carbocycles. The normalized spacial score (nSPS) is 11.3. The van der Waals surface area contributed by atoms with Crippen molar-refractivity contribution >= 4 is 28.6 Å². The van der Waals surface area contributed by atoms with Gasteiger partial charge in [0.25, 0.3) is 0 Å². The number of aromatic nitrogens is 2. The Morgan fingerprint density at radius 1 is 1.06 bits per heavy atom. The first-order valence-corrected chi connectivity index (χ1v) is 9.72. The van der Waals surface area contributed by atoms with E-state index >= 15 is 0 Å². The van der Waals surface area contributed by atoms with E-state index in [-0.39, 0.29) is 18.0 Å². The number of nitrogens with zero attached hydrogens (tertiary/aromatic N) is 2. The summed E-state index contributed by atoms with van der Waals surface area (Å²) in [5, 5.41) is 9.96. The highest BCUT2D eigenvalue weighted by atomic mass is 35.5. The number of rotatable bonds is 5. The molecular formula is C23H16ClF3N2O2. The predicted molar refractivity (Wildman–Crippen MR) is 112 cm³/mol. The van der Waals surface area contributed by atoms with E-state index < -0.39 is 23.4 Å². The second kappa shape index (κ2) is 8.07. The topological polar surface area (TPSA) is 55.1 Å². The van der Waals surface area contributed by atoms with Crippen LogP contribution in [-0.4, -0.2) is 20.6 Å². The van der Waals surface area contributed by atoms with E-state index in [0.29, 0.717) is 39.0 Å². The molecule has 0 saturated heterocycles. The molecule has 158 valence electrons. The van der Waals surface area contributed by atoms with Crippen molar-refractivity contribution in [1.82, 2.24) is 9.55 Å². The molecule has 0 unspecified atom stereocenters. The number of pyridine rings is 1. The number of aryl methyl sites for hydroxylation is 1. The molecule has 0 spiro atoms. The number of halogens is 4. The highest BCUT2D eigenvalue weighted by molar-refractivity contribution is 6.30. The van der Waals surface area contributed by atoms with Crippen molar-refractivity contribution in [2.24, 2.45) is 0 Å². The standard InChI is InChI=1S/C23H16ClF3N2O2/c1-12-16(10-21(30)31)22(14-3-4-17(24)19(26)9-14)15-6-7-29(23(15)28-12)11-13-2-5-18(25)20(27)8-13/h2-9H,10-11H2,1H3,(H,30,31). The molecule has 0 amide bonds. The van der Waals surface area contributed by atoms with Crippen molar-refractivity contribution in [3.63, 3.8) is 0 Å². The molecule has 0 fully saturated rings. The Bertz CT molecular complexity index is 1330. The molecule has 4 rings (SSSR count). The van der Waals surface area contributed by atoms with E-state index in [1.165, 1.54) is 18.2 Å². The Morgan fingerprint density at radius 2 is 1.84 bits per heavy atom. The minimum Gasteiger partial charge on any atom is -0.481 e. The fourth-order valence-corrected chi connectivity index (χ4v) is 3.78. The summed E-state index contributed by atoms with van der Waals surface area (Å²) in [6.45, 7) is 1.90. The van der Waals surface area contributed by atoms with E-state index in [1.807, 2.05) is 0 Å². The second-order valence-electron chi connectivity index (χ2n) is 7.18. The van der Waals surface area contributed by atoms with Crippen LogP contribution in [0.2, 0.25) is 5.02 Å². The zero-order chi connectivity index (χ0) is 22.3. The minimum atomic E-state index is -1.04. The maximum Gasteiger partial charge on any atom is 0.307 e. The van der Waals surface area contributed by atoms with Gasteiger partial charge >= 0.3 is 5.97 Å². The summed E-state index contributed by atoms with van der Waals surface area (Å²) in [6.07, 6.45) is 1.43. The van der Waals surface area contributed by atoms with E-state index in [1.54, 1.807) is 29.8 Å². The summed E-state index contributed by atoms with van der Waals surface area (Å²) in [4.78, 5) is 16.0. The number of carbonyl (C=O) groups is 1. The first-order valence-electron chi connectivity index (χ1n) is 9.34. The number of carboxylic acids is 1. The Labute approximate surface area is 180 Å². The summed E-state index contributed by atoms with van der Waals surface area (Å²) >= 11 is 5.82. The fourth-order valence-electron chi connectivity index (χ4n) is 3.66. The first-order chi connectivity index (χ1) is 14.7. The number of benzene rings is 2. The Kier molecular flexibility index (Phi) is 5.45. The number of hydrogen-bond acceptors (Lipinski definition) is 2. The lowest BCUT2D eigenvalue weighted by Crippen LogP contribution is -2.08. The van der Waals surface area contributed by atoms with Crippen molar-refractivity contribution in [3.05, 3.63) is 88.0 Å². The van der Waals surface area contributed by atoms with E-state index in [0.717, 1.165) is 12.1 Å². The van der Waals surface area contributed by atoms with Crippen LogP contribution in [0.15, 0.2) is 48.7 Å². The third-order valence-electron chi connectivity index (χ3n) is 5.09. The summed E-state index contributed by atoms with van der Waals surface area (Å²) < 4.78 is 42.8. The summed E-state index contributed by atoms with van der Waals surface area (Å²) in [5.74, 6) is -3.54. The van der Waals surface area contributed by atoms with Crippen LogP contribution in [0, 0.1) is 24.4 Å². The lowest BCUT2D eigenvalue weighted by Gasteiger charge is -2.15. The van der Waals surface area contributed by atoms with Crippen molar-refractivity contribution in [2.75, 3.05) is 0 Å². The lowest BCUT2D eigenvalue weighted by molar-refractivity contribution is -0.136. The van der Waals surface area contributed by atoms with Gasteiger partial charge in [-0.25, -0.2) is 18.2 Å². The number of carboxylic acid groups (broad SMARTS) is 1. The average molecular weight is 445 g/mol. The summed E-state index contributed by atoms with van der Waals surface area (Å²) in [7, 11) is 0. The van der Waals surface area contributed by atoms with Gasteiger partial charge in [-0.3, -0.25) is 4.79 Å². The van der Waals surface area contributed by atoms with Gasteiger partial charge in [-0.15, -0.1) is 0 Å². The average Bonchev–Trinajstić information content (AvgIpc) is 3.09. The van der Waals surface area contributed by atoms with Crippen molar-refractivity contribution in [3.8, 4) is 11.1 Å². The van der Waals surface area contributed by atoms with E-state index in [9.17, 15) is 23.1 Å². The first kappa shape index (κ1) is 20.9. The summed E-state index contributed by atoms with van der Waals surface area (Å²) in [5.41, 5.74) is 3.01. The highest BCUT2D eigenvalue weighted by Crippen LogP contribution is 2.35. The van der Waals surface area contributed by atoms with E-state index in [4.69, 9.17) is 11.6 Å². The molecule has 4 nitrogen and oxygen atoms in total. The molecule has 2 aromatic carbocycles. The largest absolute Gasteiger partial charge is 0.481 e. The maximum absolute atomic E-state index is 14.2. The third kappa shape index (κ3) is 4.01. The number of aliphatic carboxylic acids is 1. The number of fused-ring (bicyclic) bond motifs is 1. The predicted octanol–water partition coefficient (Wildman–Crippen LogP) is 5.76. The maximum atomic E-state index is 14.2. The SMILES string of the molecule is Cc1nc2c(ccn2Cc2ccc(F)c(F)c2)c(-c2ccc(Cl)c(F)c2)c1CC(=O)O. The van der Waals surface area contributed by atoms with Crippen LogP contribution in [0.25, 0.3) is 22.2 Å². The monoisotopic (exact) mass is 444 g/mol. The van der Waals surface area contributed by atoms with Gasteiger partial charge in [-0.05, 0) is 59.5 Å². The molecule has 31 heavy (non-hydrogen) atoms. The lowest BCUT2D eigenvalue weighted by atomic mass is 9.94. The highest BCUT2D eigenvalue weighted by Gasteiger charge is 2.20. The molecule has 0 saturated carbocycles. The zero-order valence-corrected chi connectivity index (χ0v) is 17.1. The molecule has 0 aliphatic rings. The van der Waals surface area contributed by atoms with Crippen LogP contribution < -0.4 is 0 Å².